The van der Waals surface area contributed by atoms with E-state index >= 15 is 0 Å². The minimum Gasteiger partial charge on any atom is -0.330 e. The molecule has 0 amide bonds. The SMILES string of the molecule is Cn1cc(C2CCCC2CN)cn1. The molecule has 1 aromatic heterocycles. The molecule has 2 atom stereocenters. The summed E-state index contributed by atoms with van der Waals surface area (Å²) in [6.45, 7) is 0.819. The van der Waals surface area contributed by atoms with E-state index in [0.717, 1.165) is 6.54 Å². The quantitative estimate of drug-likeness (QED) is 0.742. The third kappa shape index (κ3) is 1.61. The predicted molar refractivity (Wildman–Crippen MR) is 52.3 cm³/mol. The number of hydrogen-bond donors (Lipinski definition) is 1. The summed E-state index contributed by atoms with van der Waals surface area (Å²) in [5.41, 5.74) is 7.11. The maximum atomic E-state index is 5.74. The molecule has 72 valence electrons. The van der Waals surface area contributed by atoms with Crippen LogP contribution in [0.4, 0.5) is 0 Å². The molecule has 2 rings (SSSR count). The second kappa shape index (κ2) is 3.50. The Labute approximate surface area is 78.9 Å². The van der Waals surface area contributed by atoms with Crippen LogP contribution in [-0.2, 0) is 7.05 Å². The fourth-order valence-corrected chi connectivity index (χ4v) is 2.39. The summed E-state index contributed by atoms with van der Waals surface area (Å²) in [7, 11) is 1.97. The molecule has 1 fully saturated rings. The highest BCUT2D eigenvalue weighted by Gasteiger charge is 2.27. The van der Waals surface area contributed by atoms with Crippen molar-refractivity contribution in [1.82, 2.24) is 9.78 Å². The Morgan fingerprint density at radius 3 is 3.08 bits per heavy atom. The molecule has 13 heavy (non-hydrogen) atoms. The summed E-state index contributed by atoms with van der Waals surface area (Å²) < 4.78 is 1.88. The number of aromatic nitrogens is 2. The van der Waals surface area contributed by atoms with Crippen LogP contribution in [0.2, 0.25) is 0 Å². The van der Waals surface area contributed by atoms with E-state index < -0.39 is 0 Å². The van der Waals surface area contributed by atoms with Gasteiger partial charge in [0, 0.05) is 13.2 Å². The maximum Gasteiger partial charge on any atom is 0.0524 e. The third-order valence-corrected chi connectivity index (χ3v) is 3.11. The van der Waals surface area contributed by atoms with Gasteiger partial charge in [-0.05, 0) is 36.8 Å². The van der Waals surface area contributed by atoms with E-state index in [1.807, 2.05) is 17.9 Å². The van der Waals surface area contributed by atoms with E-state index in [2.05, 4.69) is 11.3 Å². The number of hydrogen-bond acceptors (Lipinski definition) is 2. The van der Waals surface area contributed by atoms with Gasteiger partial charge in [-0.25, -0.2) is 0 Å². The number of nitrogens with two attached hydrogens (primary N) is 1. The lowest BCUT2D eigenvalue weighted by molar-refractivity contribution is 0.496. The van der Waals surface area contributed by atoms with Gasteiger partial charge in [0.2, 0.25) is 0 Å². The minimum atomic E-state index is 0.665. The molecule has 3 nitrogen and oxygen atoms in total. The molecule has 1 aliphatic rings. The topological polar surface area (TPSA) is 43.8 Å². The monoisotopic (exact) mass is 179 g/mol. The molecule has 1 saturated carbocycles. The molecule has 2 N–H and O–H groups in total. The Hall–Kier alpha value is -0.830. The Balaban J connectivity index is 2.15. The molecule has 1 aliphatic carbocycles. The summed E-state index contributed by atoms with van der Waals surface area (Å²) in [5, 5.41) is 4.21. The molecule has 0 spiro atoms. The smallest absolute Gasteiger partial charge is 0.0524 e. The van der Waals surface area contributed by atoms with Gasteiger partial charge in [0.25, 0.3) is 0 Å². The third-order valence-electron chi connectivity index (χ3n) is 3.11. The zero-order chi connectivity index (χ0) is 9.26. The largest absolute Gasteiger partial charge is 0.330 e. The highest BCUT2D eigenvalue weighted by Crippen LogP contribution is 2.38. The van der Waals surface area contributed by atoms with Crippen molar-refractivity contribution in [1.29, 1.82) is 0 Å². The second-order valence-corrected chi connectivity index (χ2v) is 3.98. The standard InChI is InChI=1S/C10H17N3/c1-13-7-9(6-12-13)10-4-2-3-8(10)5-11/h6-8,10H,2-5,11H2,1H3. The van der Waals surface area contributed by atoms with Crippen molar-refractivity contribution in [2.75, 3.05) is 6.54 Å². The molecule has 1 aromatic rings. The highest BCUT2D eigenvalue weighted by atomic mass is 15.2. The lowest BCUT2D eigenvalue weighted by Gasteiger charge is -2.15. The van der Waals surface area contributed by atoms with Crippen LogP contribution in [0.15, 0.2) is 12.4 Å². The van der Waals surface area contributed by atoms with Gasteiger partial charge in [0.1, 0.15) is 0 Å². The molecule has 0 saturated heterocycles. The van der Waals surface area contributed by atoms with Crippen LogP contribution in [0.5, 0.6) is 0 Å². The van der Waals surface area contributed by atoms with Crippen LogP contribution in [0.3, 0.4) is 0 Å². The van der Waals surface area contributed by atoms with E-state index in [4.69, 9.17) is 5.73 Å². The molecular weight excluding hydrogens is 162 g/mol. The molecule has 0 radical (unpaired) electrons. The van der Waals surface area contributed by atoms with Gasteiger partial charge in [-0.15, -0.1) is 0 Å². The van der Waals surface area contributed by atoms with Gasteiger partial charge >= 0.3 is 0 Å². The zero-order valence-corrected chi connectivity index (χ0v) is 8.11. The Kier molecular flexibility index (Phi) is 2.36. The summed E-state index contributed by atoms with van der Waals surface area (Å²) in [4.78, 5) is 0. The van der Waals surface area contributed by atoms with Crippen molar-refractivity contribution < 1.29 is 0 Å². The van der Waals surface area contributed by atoms with Gasteiger partial charge in [0.15, 0.2) is 0 Å². The fraction of sp³-hybridized carbons (Fsp3) is 0.700. The lowest BCUT2D eigenvalue weighted by atomic mass is 9.91. The van der Waals surface area contributed by atoms with Gasteiger partial charge in [-0.2, -0.15) is 5.10 Å². The molecular formula is C10H17N3. The predicted octanol–water partition coefficient (Wildman–Crippen LogP) is 1.26. The van der Waals surface area contributed by atoms with Crippen LogP contribution in [0.1, 0.15) is 30.7 Å². The number of nitrogens with zero attached hydrogens (tertiary/aromatic N) is 2. The van der Waals surface area contributed by atoms with Crippen LogP contribution in [0.25, 0.3) is 0 Å². The molecule has 0 bridgehead atoms. The summed E-state index contributed by atoms with van der Waals surface area (Å²) in [6, 6.07) is 0. The first kappa shape index (κ1) is 8.75. The summed E-state index contributed by atoms with van der Waals surface area (Å²) >= 11 is 0. The second-order valence-electron chi connectivity index (χ2n) is 3.98. The van der Waals surface area contributed by atoms with Crippen LogP contribution < -0.4 is 5.73 Å². The van der Waals surface area contributed by atoms with Crippen LogP contribution >= 0.6 is 0 Å². The first-order valence-electron chi connectivity index (χ1n) is 5.00. The van der Waals surface area contributed by atoms with Crippen LogP contribution in [-0.4, -0.2) is 16.3 Å². The Morgan fingerprint density at radius 1 is 1.62 bits per heavy atom. The van der Waals surface area contributed by atoms with Crippen molar-refractivity contribution in [3.8, 4) is 0 Å². The summed E-state index contributed by atoms with van der Waals surface area (Å²) in [5.74, 6) is 1.35. The van der Waals surface area contributed by atoms with E-state index in [-0.39, 0.29) is 0 Å². The van der Waals surface area contributed by atoms with Gasteiger partial charge in [0.05, 0.1) is 6.20 Å². The first-order chi connectivity index (χ1) is 6.31. The Bertz CT molecular complexity index is 279. The number of rotatable bonds is 2. The first-order valence-corrected chi connectivity index (χ1v) is 5.00. The van der Waals surface area contributed by atoms with Crippen molar-refractivity contribution >= 4 is 0 Å². The zero-order valence-electron chi connectivity index (χ0n) is 8.11. The molecule has 0 aromatic carbocycles. The number of aryl methyl sites for hydroxylation is 1. The van der Waals surface area contributed by atoms with E-state index in [9.17, 15) is 0 Å². The lowest BCUT2D eigenvalue weighted by Crippen LogP contribution is -2.16. The van der Waals surface area contributed by atoms with Gasteiger partial charge < -0.3 is 5.73 Å². The highest BCUT2D eigenvalue weighted by molar-refractivity contribution is 5.14. The molecule has 0 aliphatic heterocycles. The fourth-order valence-electron chi connectivity index (χ4n) is 2.39. The average Bonchev–Trinajstić information content (AvgIpc) is 2.71. The molecule has 2 unspecified atom stereocenters. The average molecular weight is 179 g/mol. The maximum absolute atomic E-state index is 5.74. The molecule has 3 heteroatoms. The van der Waals surface area contributed by atoms with Crippen LogP contribution in [0, 0.1) is 5.92 Å². The van der Waals surface area contributed by atoms with E-state index in [0.29, 0.717) is 11.8 Å². The van der Waals surface area contributed by atoms with E-state index in [1.165, 1.54) is 24.8 Å². The normalized spacial score (nSPS) is 28.2. The van der Waals surface area contributed by atoms with Crippen molar-refractivity contribution in [2.24, 2.45) is 18.7 Å². The van der Waals surface area contributed by atoms with E-state index in [1.54, 1.807) is 0 Å². The van der Waals surface area contributed by atoms with Crippen molar-refractivity contribution in [3.05, 3.63) is 18.0 Å². The van der Waals surface area contributed by atoms with Gasteiger partial charge in [-0.1, -0.05) is 6.42 Å². The van der Waals surface area contributed by atoms with Gasteiger partial charge in [-0.3, -0.25) is 4.68 Å². The van der Waals surface area contributed by atoms with Crippen molar-refractivity contribution in [3.63, 3.8) is 0 Å². The summed E-state index contributed by atoms with van der Waals surface area (Å²) in [6.07, 6.45) is 8.00. The molecule has 1 heterocycles. The van der Waals surface area contributed by atoms with Crippen molar-refractivity contribution in [2.45, 2.75) is 25.2 Å². The minimum absolute atomic E-state index is 0.665. The Morgan fingerprint density at radius 2 is 2.46 bits per heavy atom.